The van der Waals surface area contributed by atoms with Crippen molar-refractivity contribution in [2.24, 2.45) is 0 Å². The maximum absolute atomic E-state index is 13.0. The molecule has 0 bridgehead atoms. The van der Waals surface area contributed by atoms with Crippen molar-refractivity contribution in [3.05, 3.63) is 80.6 Å². The van der Waals surface area contributed by atoms with Crippen LogP contribution >= 0.6 is 39.0 Å². The van der Waals surface area contributed by atoms with Gasteiger partial charge in [0, 0.05) is 22.6 Å². The van der Waals surface area contributed by atoms with Crippen LogP contribution in [0.1, 0.15) is 5.56 Å². The van der Waals surface area contributed by atoms with Crippen LogP contribution in [0.2, 0.25) is 0 Å². The molecule has 0 saturated carbocycles. The Bertz CT molecular complexity index is 1080. The summed E-state index contributed by atoms with van der Waals surface area (Å²) in [5.41, 5.74) is 2.68. The number of hydrogen-bond acceptors (Lipinski definition) is 5. The minimum Gasteiger partial charge on any atom is -0.267 e. The highest BCUT2D eigenvalue weighted by Gasteiger charge is 2.14. The van der Waals surface area contributed by atoms with Crippen LogP contribution in [0, 0.1) is 0 Å². The number of halogens is 1. The van der Waals surface area contributed by atoms with E-state index in [1.807, 2.05) is 47.8 Å². The third-order valence-corrected chi connectivity index (χ3v) is 6.08. The van der Waals surface area contributed by atoms with E-state index in [0.29, 0.717) is 9.86 Å². The first-order valence-corrected chi connectivity index (χ1v) is 10.2. The number of hydrogen-bond donors (Lipinski definition) is 0. The molecule has 7 heteroatoms. The summed E-state index contributed by atoms with van der Waals surface area (Å²) in [6.45, 7) is 0. The molecule has 25 heavy (non-hydrogen) atoms. The number of benzene rings is 1. The molecule has 0 N–H and O–H groups in total. The van der Waals surface area contributed by atoms with Gasteiger partial charge in [0.25, 0.3) is 5.56 Å². The Morgan fingerprint density at radius 1 is 1.08 bits per heavy atom. The van der Waals surface area contributed by atoms with Crippen LogP contribution in [-0.2, 0) is 5.75 Å². The summed E-state index contributed by atoms with van der Waals surface area (Å²) >= 11 is 6.41. The first kappa shape index (κ1) is 16.5. The van der Waals surface area contributed by atoms with Crippen molar-refractivity contribution in [3.8, 4) is 5.69 Å². The Hall–Kier alpha value is -1.96. The van der Waals surface area contributed by atoms with Crippen LogP contribution in [0.4, 0.5) is 0 Å². The van der Waals surface area contributed by atoms with Crippen LogP contribution in [0.15, 0.2) is 74.7 Å². The van der Waals surface area contributed by atoms with Crippen LogP contribution < -0.4 is 5.56 Å². The third kappa shape index (κ3) is 3.40. The smallest absolute Gasteiger partial charge is 0.267 e. The molecule has 4 rings (SSSR count). The van der Waals surface area contributed by atoms with E-state index in [4.69, 9.17) is 4.98 Å². The predicted molar refractivity (Wildman–Crippen MR) is 107 cm³/mol. The van der Waals surface area contributed by atoms with Gasteiger partial charge < -0.3 is 0 Å². The molecule has 0 spiro atoms. The van der Waals surface area contributed by atoms with Gasteiger partial charge in [-0.2, -0.15) is 0 Å². The Kier molecular flexibility index (Phi) is 4.70. The minimum atomic E-state index is -0.0282. The number of nitrogens with zero attached hydrogens (tertiary/aromatic N) is 3. The zero-order valence-corrected chi connectivity index (χ0v) is 16.1. The molecular formula is C18H12BrN3OS2. The molecule has 4 nitrogen and oxygen atoms in total. The Balaban J connectivity index is 1.82. The summed E-state index contributed by atoms with van der Waals surface area (Å²) in [4.78, 5) is 21.8. The number of aromatic nitrogens is 3. The molecule has 0 aliphatic heterocycles. The predicted octanol–water partition coefficient (Wildman–Crippen LogP) is 4.90. The molecule has 3 aromatic heterocycles. The molecule has 1 aromatic carbocycles. The van der Waals surface area contributed by atoms with Crippen LogP contribution in [0.5, 0.6) is 0 Å². The zero-order valence-electron chi connectivity index (χ0n) is 12.9. The molecule has 0 saturated heterocycles. The normalized spacial score (nSPS) is 11.1. The fourth-order valence-electron chi connectivity index (χ4n) is 2.43. The number of pyridine rings is 1. The molecule has 0 amide bonds. The largest absolute Gasteiger partial charge is 0.276 e. The molecule has 0 fully saturated rings. The van der Waals surface area contributed by atoms with Crippen molar-refractivity contribution in [3.63, 3.8) is 0 Å². The first-order valence-electron chi connectivity index (χ1n) is 7.50. The van der Waals surface area contributed by atoms with Gasteiger partial charge in [0.05, 0.1) is 11.2 Å². The lowest BCUT2D eigenvalue weighted by Gasteiger charge is -2.12. The van der Waals surface area contributed by atoms with Gasteiger partial charge in [-0.1, -0.05) is 27.7 Å². The molecular weight excluding hydrogens is 418 g/mol. The summed E-state index contributed by atoms with van der Waals surface area (Å²) < 4.78 is 3.34. The highest BCUT2D eigenvalue weighted by Crippen LogP contribution is 2.26. The third-order valence-electron chi connectivity index (χ3n) is 3.65. The van der Waals surface area contributed by atoms with E-state index >= 15 is 0 Å². The van der Waals surface area contributed by atoms with Gasteiger partial charge in [-0.15, -0.1) is 11.3 Å². The molecule has 0 aliphatic rings. The van der Waals surface area contributed by atoms with E-state index in [9.17, 15) is 4.79 Å². The van der Waals surface area contributed by atoms with Crippen molar-refractivity contribution < 1.29 is 0 Å². The quantitative estimate of drug-likeness (QED) is 0.342. The maximum Gasteiger partial charge on any atom is 0.276 e. The fraction of sp³-hybridized carbons (Fsp3) is 0.0556. The molecule has 0 atom stereocenters. The number of fused-ring (bicyclic) bond motifs is 1. The molecule has 0 radical (unpaired) electrons. The van der Waals surface area contributed by atoms with Crippen LogP contribution in [0.25, 0.3) is 15.9 Å². The summed E-state index contributed by atoms with van der Waals surface area (Å²) in [6, 6.07) is 13.5. The Morgan fingerprint density at radius 3 is 2.60 bits per heavy atom. The van der Waals surface area contributed by atoms with E-state index in [0.717, 1.165) is 27.0 Å². The number of rotatable bonds is 4. The Labute approximate surface area is 160 Å². The van der Waals surface area contributed by atoms with Crippen molar-refractivity contribution in [2.45, 2.75) is 10.9 Å². The van der Waals surface area contributed by atoms with Gasteiger partial charge in [-0.3, -0.25) is 14.3 Å². The number of thioether (sulfide) groups is 1. The Morgan fingerprint density at radius 2 is 1.84 bits per heavy atom. The lowest BCUT2D eigenvalue weighted by molar-refractivity contribution is 0.822. The van der Waals surface area contributed by atoms with Crippen LogP contribution in [-0.4, -0.2) is 14.5 Å². The lowest BCUT2D eigenvalue weighted by Crippen LogP contribution is -2.20. The molecule has 0 aliphatic carbocycles. The van der Waals surface area contributed by atoms with Crippen molar-refractivity contribution in [1.82, 2.24) is 14.5 Å². The van der Waals surface area contributed by atoms with Crippen molar-refractivity contribution in [1.29, 1.82) is 0 Å². The molecule has 0 unspecified atom stereocenters. The van der Waals surface area contributed by atoms with E-state index in [-0.39, 0.29) is 5.56 Å². The van der Waals surface area contributed by atoms with E-state index < -0.39 is 0 Å². The second-order valence-corrected chi connectivity index (χ2v) is 8.06. The van der Waals surface area contributed by atoms with Gasteiger partial charge in [0.15, 0.2) is 5.16 Å². The van der Waals surface area contributed by atoms with Gasteiger partial charge in [0.1, 0.15) is 4.70 Å². The average molecular weight is 430 g/mol. The van der Waals surface area contributed by atoms with Crippen LogP contribution in [0.3, 0.4) is 0 Å². The molecule has 4 aromatic rings. The van der Waals surface area contributed by atoms with E-state index in [1.54, 1.807) is 28.7 Å². The second kappa shape index (κ2) is 7.11. The molecule has 124 valence electrons. The molecule has 3 heterocycles. The maximum atomic E-state index is 13.0. The monoisotopic (exact) mass is 429 g/mol. The summed E-state index contributed by atoms with van der Waals surface area (Å²) in [7, 11) is 0. The van der Waals surface area contributed by atoms with Gasteiger partial charge in [0.2, 0.25) is 0 Å². The van der Waals surface area contributed by atoms with Gasteiger partial charge in [-0.05, 0) is 53.4 Å². The zero-order chi connectivity index (χ0) is 17.2. The van der Waals surface area contributed by atoms with E-state index in [1.165, 1.54) is 11.3 Å². The SMILES string of the molecule is O=c1c2sccc2nc(SCc2ccncc2)n1-c1ccc(Br)cc1. The average Bonchev–Trinajstić information content (AvgIpc) is 3.11. The number of thiophene rings is 1. The van der Waals surface area contributed by atoms with Gasteiger partial charge >= 0.3 is 0 Å². The van der Waals surface area contributed by atoms with Crippen molar-refractivity contribution in [2.75, 3.05) is 0 Å². The second-order valence-electron chi connectivity index (χ2n) is 5.29. The van der Waals surface area contributed by atoms with Crippen molar-refractivity contribution >= 4 is 49.2 Å². The fourth-order valence-corrected chi connectivity index (χ4v) is 4.43. The standard InChI is InChI=1S/C18H12BrN3OS2/c19-13-1-3-14(4-2-13)22-17(23)16-15(7-10-24-16)21-18(22)25-11-12-5-8-20-9-6-12/h1-10H,11H2. The van der Waals surface area contributed by atoms with Gasteiger partial charge in [-0.25, -0.2) is 4.98 Å². The summed E-state index contributed by atoms with van der Waals surface area (Å²) in [6.07, 6.45) is 3.54. The minimum absolute atomic E-state index is 0.0282. The summed E-state index contributed by atoms with van der Waals surface area (Å²) in [5, 5.41) is 2.59. The lowest BCUT2D eigenvalue weighted by atomic mass is 10.3. The summed E-state index contributed by atoms with van der Waals surface area (Å²) in [5.74, 6) is 0.723. The first-order chi connectivity index (χ1) is 12.2. The van der Waals surface area contributed by atoms with E-state index in [2.05, 4.69) is 20.9 Å². The highest BCUT2D eigenvalue weighted by molar-refractivity contribution is 9.10. The highest BCUT2D eigenvalue weighted by atomic mass is 79.9. The topological polar surface area (TPSA) is 47.8 Å².